The monoisotopic (exact) mass is 345 g/mol. The number of aliphatic hydroxyl groups is 1. The minimum absolute atomic E-state index is 0. The average molecular weight is 346 g/mol. The first-order valence-corrected chi connectivity index (χ1v) is 7.40. The van der Waals surface area contributed by atoms with E-state index in [0.717, 1.165) is 26.2 Å². The molecule has 7 nitrogen and oxygen atoms in total. The standard InChI is InChI=1S/C15H23N3O4.ClH/c1-15(2,10-19)14(17-7-5-16-6-8-17)12-9-11(18(21)22)3-4-13(12)20;/h3-4,9,14,16,19-20H,5-8,10H2,1-2H3;1H/t14-;/m0./s1. The molecule has 23 heavy (non-hydrogen) atoms. The molecule has 0 aliphatic carbocycles. The zero-order chi connectivity index (χ0) is 16.3. The highest BCUT2D eigenvalue weighted by Gasteiger charge is 2.37. The molecule has 0 bridgehead atoms. The number of halogens is 1. The zero-order valence-corrected chi connectivity index (χ0v) is 14.2. The maximum absolute atomic E-state index is 11.0. The highest BCUT2D eigenvalue weighted by molar-refractivity contribution is 5.85. The molecule has 1 fully saturated rings. The Morgan fingerprint density at radius 1 is 1.39 bits per heavy atom. The van der Waals surface area contributed by atoms with Crippen molar-refractivity contribution < 1.29 is 15.1 Å². The van der Waals surface area contributed by atoms with Gasteiger partial charge in [-0.15, -0.1) is 12.4 Å². The van der Waals surface area contributed by atoms with Crippen molar-refractivity contribution >= 4 is 18.1 Å². The summed E-state index contributed by atoms with van der Waals surface area (Å²) in [6.07, 6.45) is 0. The van der Waals surface area contributed by atoms with Crippen molar-refractivity contribution in [2.24, 2.45) is 5.41 Å². The van der Waals surface area contributed by atoms with Gasteiger partial charge in [-0.05, 0) is 6.07 Å². The Labute approximate surface area is 141 Å². The molecule has 130 valence electrons. The molecule has 0 radical (unpaired) electrons. The van der Waals surface area contributed by atoms with Crippen LogP contribution in [0.4, 0.5) is 5.69 Å². The molecule has 2 rings (SSSR count). The number of nitrogens with one attached hydrogen (secondary N) is 1. The van der Waals surface area contributed by atoms with Crippen LogP contribution in [-0.4, -0.2) is 52.8 Å². The molecule has 0 amide bonds. The number of phenolic OH excluding ortho intramolecular Hbond substituents is 1. The molecule has 0 aromatic heterocycles. The molecule has 1 aliphatic heterocycles. The fourth-order valence-corrected chi connectivity index (χ4v) is 3.01. The third-order valence-corrected chi connectivity index (χ3v) is 4.18. The van der Waals surface area contributed by atoms with Crippen LogP contribution in [0.15, 0.2) is 18.2 Å². The fraction of sp³-hybridized carbons (Fsp3) is 0.600. The van der Waals surface area contributed by atoms with Gasteiger partial charge in [-0.1, -0.05) is 13.8 Å². The number of rotatable bonds is 5. The van der Waals surface area contributed by atoms with E-state index >= 15 is 0 Å². The van der Waals surface area contributed by atoms with Crippen LogP contribution in [-0.2, 0) is 0 Å². The van der Waals surface area contributed by atoms with E-state index < -0.39 is 10.3 Å². The number of piperazine rings is 1. The normalized spacial score (nSPS) is 17.3. The number of phenols is 1. The lowest BCUT2D eigenvalue weighted by molar-refractivity contribution is -0.385. The lowest BCUT2D eigenvalue weighted by atomic mass is 9.79. The van der Waals surface area contributed by atoms with E-state index in [-0.39, 0.29) is 36.5 Å². The molecule has 1 heterocycles. The lowest BCUT2D eigenvalue weighted by Crippen LogP contribution is -2.49. The maximum Gasteiger partial charge on any atom is 0.270 e. The highest BCUT2D eigenvalue weighted by Crippen LogP contribution is 2.42. The Balaban J connectivity index is 0.00000264. The third-order valence-electron chi connectivity index (χ3n) is 4.18. The lowest BCUT2D eigenvalue weighted by Gasteiger charge is -2.43. The highest BCUT2D eigenvalue weighted by atomic mass is 35.5. The molecule has 1 saturated heterocycles. The Kier molecular flexibility index (Phi) is 6.76. The van der Waals surface area contributed by atoms with E-state index in [1.54, 1.807) is 0 Å². The van der Waals surface area contributed by atoms with Gasteiger partial charge in [0, 0.05) is 61.9 Å². The van der Waals surface area contributed by atoms with Crippen LogP contribution in [0.3, 0.4) is 0 Å². The summed E-state index contributed by atoms with van der Waals surface area (Å²) in [6.45, 7) is 6.87. The van der Waals surface area contributed by atoms with Gasteiger partial charge < -0.3 is 15.5 Å². The van der Waals surface area contributed by atoms with Crippen molar-refractivity contribution in [2.75, 3.05) is 32.8 Å². The Bertz CT molecular complexity index is 548. The summed E-state index contributed by atoms with van der Waals surface area (Å²) >= 11 is 0. The predicted octanol–water partition coefficient (Wildman–Crippen LogP) is 1.69. The number of aliphatic hydroxyl groups excluding tert-OH is 1. The molecule has 0 unspecified atom stereocenters. The zero-order valence-electron chi connectivity index (χ0n) is 13.4. The Hall–Kier alpha value is -1.41. The first kappa shape index (κ1) is 19.6. The van der Waals surface area contributed by atoms with Crippen LogP contribution >= 0.6 is 12.4 Å². The fourth-order valence-electron chi connectivity index (χ4n) is 3.01. The molecular formula is C15H24ClN3O4. The number of nitro groups is 1. The van der Waals surface area contributed by atoms with Crippen LogP contribution < -0.4 is 5.32 Å². The van der Waals surface area contributed by atoms with E-state index in [2.05, 4.69) is 10.2 Å². The summed E-state index contributed by atoms with van der Waals surface area (Å²) in [5.74, 6) is 0.0238. The number of nitro benzene ring substituents is 1. The van der Waals surface area contributed by atoms with E-state index in [0.29, 0.717) is 5.56 Å². The van der Waals surface area contributed by atoms with Gasteiger partial charge in [0.15, 0.2) is 0 Å². The summed E-state index contributed by atoms with van der Waals surface area (Å²) in [6, 6.07) is 3.77. The molecule has 0 spiro atoms. The van der Waals surface area contributed by atoms with Gasteiger partial charge >= 0.3 is 0 Å². The van der Waals surface area contributed by atoms with Crippen molar-refractivity contribution in [3.05, 3.63) is 33.9 Å². The molecular weight excluding hydrogens is 322 g/mol. The maximum atomic E-state index is 11.0. The van der Waals surface area contributed by atoms with Gasteiger partial charge in [0.05, 0.1) is 4.92 Å². The van der Waals surface area contributed by atoms with Gasteiger partial charge in [0.2, 0.25) is 0 Å². The number of hydrogen-bond donors (Lipinski definition) is 3. The second-order valence-electron chi connectivity index (χ2n) is 6.34. The SMILES string of the molecule is CC(C)(CO)[C@H](c1cc([N+](=O)[O-])ccc1O)N1CCNCC1.Cl. The molecule has 1 aliphatic rings. The number of non-ortho nitro benzene ring substituents is 1. The van der Waals surface area contributed by atoms with Crippen molar-refractivity contribution in [1.29, 1.82) is 0 Å². The van der Waals surface area contributed by atoms with Crippen LogP contribution in [0, 0.1) is 15.5 Å². The Morgan fingerprint density at radius 2 is 2.00 bits per heavy atom. The van der Waals surface area contributed by atoms with Crippen molar-refractivity contribution in [3.63, 3.8) is 0 Å². The van der Waals surface area contributed by atoms with E-state index in [1.165, 1.54) is 18.2 Å². The van der Waals surface area contributed by atoms with Crippen molar-refractivity contribution in [1.82, 2.24) is 10.2 Å². The predicted molar refractivity (Wildman–Crippen MR) is 90.1 cm³/mol. The number of nitrogens with zero attached hydrogens (tertiary/aromatic N) is 2. The molecule has 0 saturated carbocycles. The molecule has 1 aromatic carbocycles. The van der Waals surface area contributed by atoms with Gasteiger partial charge in [0.1, 0.15) is 5.75 Å². The second kappa shape index (κ2) is 7.92. The van der Waals surface area contributed by atoms with Gasteiger partial charge in [-0.2, -0.15) is 0 Å². The number of benzene rings is 1. The van der Waals surface area contributed by atoms with Gasteiger partial charge in [-0.3, -0.25) is 15.0 Å². The van der Waals surface area contributed by atoms with Crippen molar-refractivity contribution in [2.45, 2.75) is 19.9 Å². The summed E-state index contributed by atoms with van der Waals surface area (Å²) in [4.78, 5) is 12.7. The Morgan fingerprint density at radius 3 is 2.52 bits per heavy atom. The summed E-state index contributed by atoms with van der Waals surface area (Å²) < 4.78 is 0. The average Bonchev–Trinajstić information content (AvgIpc) is 2.50. The quantitative estimate of drug-likeness (QED) is 0.555. The molecule has 8 heteroatoms. The third kappa shape index (κ3) is 4.32. The summed E-state index contributed by atoms with van der Waals surface area (Å²) in [5.41, 5.74) is -0.0962. The van der Waals surface area contributed by atoms with Crippen LogP contribution in [0.5, 0.6) is 5.75 Å². The summed E-state index contributed by atoms with van der Waals surface area (Å²) in [5, 5.41) is 34.3. The van der Waals surface area contributed by atoms with E-state index in [9.17, 15) is 20.3 Å². The van der Waals surface area contributed by atoms with E-state index in [4.69, 9.17) is 0 Å². The molecule has 3 N–H and O–H groups in total. The molecule has 1 atom stereocenters. The molecule has 1 aromatic rings. The van der Waals surface area contributed by atoms with Crippen molar-refractivity contribution in [3.8, 4) is 5.75 Å². The number of hydrogen-bond acceptors (Lipinski definition) is 6. The minimum atomic E-state index is -0.538. The smallest absolute Gasteiger partial charge is 0.270 e. The second-order valence-corrected chi connectivity index (χ2v) is 6.34. The largest absolute Gasteiger partial charge is 0.508 e. The van der Waals surface area contributed by atoms with Gasteiger partial charge in [0.25, 0.3) is 5.69 Å². The van der Waals surface area contributed by atoms with Crippen LogP contribution in [0.2, 0.25) is 0 Å². The first-order valence-electron chi connectivity index (χ1n) is 7.40. The van der Waals surface area contributed by atoms with Crippen LogP contribution in [0.25, 0.3) is 0 Å². The first-order chi connectivity index (χ1) is 10.4. The summed E-state index contributed by atoms with van der Waals surface area (Å²) in [7, 11) is 0. The number of aromatic hydroxyl groups is 1. The minimum Gasteiger partial charge on any atom is -0.508 e. The topological polar surface area (TPSA) is 98.9 Å². The van der Waals surface area contributed by atoms with E-state index in [1.807, 2.05) is 13.8 Å². The van der Waals surface area contributed by atoms with Gasteiger partial charge in [-0.25, -0.2) is 0 Å². The van der Waals surface area contributed by atoms with Crippen LogP contribution in [0.1, 0.15) is 25.5 Å².